The summed E-state index contributed by atoms with van der Waals surface area (Å²) in [7, 11) is 0. The van der Waals surface area contributed by atoms with Crippen LogP contribution in [-0.4, -0.2) is 23.9 Å². The highest BCUT2D eigenvalue weighted by atomic mass is 15.2. The highest BCUT2D eigenvalue weighted by Crippen LogP contribution is 2.34. The van der Waals surface area contributed by atoms with Crippen LogP contribution >= 0.6 is 0 Å². The van der Waals surface area contributed by atoms with Crippen molar-refractivity contribution in [1.29, 1.82) is 0 Å². The molecule has 174 valence electrons. The molecule has 3 aromatic carbocycles. The Bertz CT molecular complexity index is 1920. The zero-order valence-corrected chi connectivity index (χ0v) is 20.5. The third-order valence-corrected chi connectivity index (χ3v) is 7.04. The van der Waals surface area contributed by atoms with Gasteiger partial charge < -0.3 is 0 Å². The number of imidazole rings is 2. The van der Waals surface area contributed by atoms with Crippen LogP contribution < -0.4 is 0 Å². The number of nitrogens with zero attached hydrogens (tertiary/aromatic N) is 5. The third-order valence-electron chi connectivity index (χ3n) is 7.04. The van der Waals surface area contributed by atoms with Crippen molar-refractivity contribution in [3.63, 3.8) is 0 Å². The van der Waals surface area contributed by atoms with Crippen molar-refractivity contribution in [3.8, 4) is 16.8 Å². The predicted octanol–water partition coefficient (Wildman–Crippen LogP) is 7.34. The van der Waals surface area contributed by atoms with Gasteiger partial charge in [-0.1, -0.05) is 57.2 Å². The standard InChI is InChI=1S/C31H25N5/c1-31(2,3)23-9-11-24(12-10-23)36-29-25-17-20(22-16-21-6-4-5-7-26(21)33-18-22)8-13-27(25)34-19-28(29)35-15-14-32-30(35)36/h4-19H,1-3H3. The van der Waals surface area contributed by atoms with Gasteiger partial charge in [0.15, 0.2) is 0 Å². The van der Waals surface area contributed by atoms with Gasteiger partial charge in [0.05, 0.1) is 28.3 Å². The third kappa shape index (κ3) is 3.13. The number of fused-ring (bicyclic) bond motifs is 6. The van der Waals surface area contributed by atoms with Crippen LogP contribution in [0.4, 0.5) is 0 Å². The van der Waals surface area contributed by atoms with E-state index in [9.17, 15) is 0 Å². The van der Waals surface area contributed by atoms with Crippen molar-refractivity contribution in [2.75, 3.05) is 0 Å². The average Bonchev–Trinajstić information content (AvgIpc) is 3.49. The molecule has 4 heterocycles. The molecule has 0 aliphatic rings. The monoisotopic (exact) mass is 467 g/mol. The summed E-state index contributed by atoms with van der Waals surface area (Å²) in [5.41, 5.74) is 8.77. The molecule has 5 nitrogen and oxygen atoms in total. The molecule has 0 aliphatic heterocycles. The SMILES string of the molecule is CC(C)(C)c1ccc(-n2c3c4cc(-c5cnc6ccccc6c5)ccc4ncc3n3ccnc23)cc1. The van der Waals surface area contributed by atoms with E-state index < -0.39 is 0 Å². The molecule has 0 atom stereocenters. The maximum absolute atomic E-state index is 4.80. The summed E-state index contributed by atoms with van der Waals surface area (Å²) < 4.78 is 4.36. The Balaban J connectivity index is 1.50. The lowest BCUT2D eigenvalue weighted by Crippen LogP contribution is -2.10. The maximum atomic E-state index is 4.80. The molecule has 0 fully saturated rings. The van der Waals surface area contributed by atoms with E-state index in [1.165, 1.54) is 5.56 Å². The minimum Gasteiger partial charge on any atom is -0.282 e. The molecule has 0 N–H and O–H groups in total. The van der Waals surface area contributed by atoms with Crippen LogP contribution in [0.5, 0.6) is 0 Å². The van der Waals surface area contributed by atoms with Crippen LogP contribution in [0.15, 0.2) is 97.6 Å². The molecular weight excluding hydrogens is 442 g/mol. The summed E-state index contributed by atoms with van der Waals surface area (Å²) in [5.74, 6) is 0.876. The largest absolute Gasteiger partial charge is 0.282 e. The molecule has 0 bridgehead atoms. The first-order valence-corrected chi connectivity index (χ1v) is 12.2. The van der Waals surface area contributed by atoms with Crippen LogP contribution in [0, 0.1) is 0 Å². The van der Waals surface area contributed by atoms with Gasteiger partial charge in [-0.2, -0.15) is 0 Å². The highest BCUT2D eigenvalue weighted by molar-refractivity contribution is 6.06. The van der Waals surface area contributed by atoms with E-state index in [4.69, 9.17) is 9.97 Å². The summed E-state index contributed by atoms with van der Waals surface area (Å²) in [6, 6.07) is 25.7. The van der Waals surface area contributed by atoms with E-state index in [2.05, 4.69) is 95.4 Å². The van der Waals surface area contributed by atoms with Crippen LogP contribution in [0.25, 0.3) is 55.4 Å². The van der Waals surface area contributed by atoms with Crippen molar-refractivity contribution >= 4 is 38.6 Å². The molecule has 0 saturated carbocycles. The first-order valence-electron chi connectivity index (χ1n) is 12.2. The Morgan fingerprint density at radius 2 is 1.53 bits per heavy atom. The molecule has 0 amide bonds. The van der Waals surface area contributed by atoms with E-state index in [1.807, 2.05) is 36.9 Å². The number of hydrogen-bond acceptors (Lipinski definition) is 3. The van der Waals surface area contributed by atoms with Crippen LogP contribution in [0.3, 0.4) is 0 Å². The fourth-order valence-corrected chi connectivity index (χ4v) is 5.09. The van der Waals surface area contributed by atoms with Crippen LogP contribution in [0.1, 0.15) is 26.3 Å². The molecule has 36 heavy (non-hydrogen) atoms. The van der Waals surface area contributed by atoms with Gasteiger partial charge in [0.1, 0.15) is 0 Å². The van der Waals surface area contributed by atoms with E-state index in [0.29, 0.717) is 0 Å². The van der Waals surface area contributed by atoms with Gasteiger partial charge in [0.25, 0.3) is 0 Å². The summed E-state index contributed by atoms with van der Waals surface area (Å²) in [4.78, 5) is 14.2. The lowest BCUT2D eigenvalue weighted by molar-refractivity contribution is 0.590. The van der Waals surface area contributed by atoms with Gasteiger partial charge >= 0.3 is 0 Å². The van der Waals surface area contributed by atoms with E-state index in [-0.39, 0.29) is 5.41 Å². The fourth-order valence-electron chi connectivity index (χ4n) is 5.09. The zero-order valence-electron chi connectivity index (χ0n) is 20.5. The number of aromatic nitrogens is 5. The normalized spacial score (nSPS) is 12.3. The maximum Gasteiger partial charge on any atom is 0.219 e. The fraction of sp³-hybridized carbons (Fsp3) is 0.129. The van der Waals surface area contributed by atoms with Gasteiger partial charge in [0, 0.05) is 40.6 Å². The van der Waals surface area contributed by atoms with Crippen molar-refractivity contribution in [1.82, 2.24) is 23.9 Å². The molecule has 5 heteroatoms. The summed E-state index contributed by atoms with van der Waals surface area (Å²) >= 11 is 0. The van der Waals surface area contributed by atoms with Gasteiger partial charge in [0.2, 0.25) is 5.78 Å². The van der Waals surface area contributed by atoms with Gasteiger partial charge in [-0.3, -0.25) is 18.9 Å². The average molecular weight is 468 g/mol. The number of benzene rings is 3. The molecular formula is C31H25N5. The second kappa shape index (κ2) is 7.49. The molecule has 0 radical (unpaired) electrons. The summed E-state index contributed by atoms with van der Waals surface area (Å²) in [5, 5.41) is 2.22. The molecule has 0 spiro atoms. The van der Waals surface area contributed by atoms with E-state index in [1.54, 1.807) is 0 Å². The van der Waals surface area contributed by atoms with Crippen LogP contribution in [0.2, 0.25) is 0 Å². The second-order valence-corrected chi connectivity index (χ2v) is 10.4. The van der Waals surface area contributed by atoms with Gasteiger partial charge in [-0.25, -0.2) is 4.98 Å². The lowest BCUT2D eigenvalue weighted by atomic mass is 9.87. The first-order chi connectivity index (χ1) is 17.5. The Morgan fingerprint density at radius 3 is 2.36 bits per heavy atom. The number of para-hydroxylation sites is 1. The molecule has 0 unspecified atom stereocenters. The molecule has 0 saturated heterocycles. The van der Waals surface area contributed by atoms with Gasteiger partial charge in [-0.15, -0.1) is 0 Å². The molecule has 7 rings (SSSR count). The van der Waals surface area contributed by atoms with E-state index in [0.717, 1.165) is 55.4 Å². The van der Waals surface area contributed by atoms with Crippen molar-refractivity contribution < 1.29 is 0 Å². The summed E-state index contributed by atoms with van der Waals surface area (Å²) in [6.45, 7) is 6.71. The Morgan fingerprint density at radius 1 is 0.722 bits per heavy atom. The number of pyridine rings is 2. The molecule has 4 aromatic heterocycles. The zero-order chi connectivity index (χ0) is 24.4. The first kappa shape index (κ1) is 20.8. The van der Waals surface area contributed by atoms with Gasteiger partial charge in [-0.05, 0) is 52.9 Å². The predicted molar refractivity (Wildman–Crippen MR) is 147 cm³/mol. The quantitative estimate of drug-likeness (QED) is 0.267. The highest BCUT2D eigenvalue weighted by Gasteiger charge is 2.19. The summed E-state index contributed by atoms with van der Waals surface area (Å²) in [6.07, 6.45) is 7.75. The Kier molecular flexibility index (Phi) is 4.33. The Hall–Kier alpha value is -4.51. The minimum atomic E-state index is 0.0966. The van der Waals surface area contributed by atoms with Crippen LogP contribution in [-0.2, 0) is 5.41 Å². The Labute approximate surface area is 208 Å². The van der Waals surface area contributed by atoms with Crippen molar-refractivity contribution in [2.45, 2.75) is 26.2 Å². The number of hydrogen-bond donors (Lipinski definition) is 0. The second-order valence-electron chi connectivity index (χ2n) is 10.4. The smallest absolute Gasteiger partial charge is 0.219 e. The molecule has 7 aromatic rings. The minimum absolute atomic E-state index is 0.0966. The van der Waals surface area contributed by atoms with E-state index >= 15 is 0 Å². The number of rotatable bonds is 2. The topological polar surface area (TPSA) is 48.0 Å². The van der Waals surface area contributed by atoms with Crippen molar-refractivity contribution in [3.05, 3.63) is 103 Å². The lowest BCUT2D eigenvalue weighted by Gasteiger charge is -2.19. The molecule has 0 aliphatic carbocycles. The van der Waals surface area contributed by atoms with Crippen molar-refractivity contribution in [2.24, 2.45) is 0 Å².